The third-order valence-electron chi connectivity index (χ3n) is 4.82. The zero-order chi connectivity index (χ0) is 18.0. The van der Waals surface area contributed by atoms with Crippen molar-refractivity contribution in [3.05, 3.63) is 46.5 Å². The average molecular weight is 340 g/mol. The summed E-state index contributed by atoms with van der Waals surface area (Å²) in [5.74, 6) is 0.666. The first-order valence-corrected chi connectivity index (χ1v) is 9.07. The van der Waals surface area contributed by atoms with Gasteiger partial charge in [0.05, 0.1) is 12.0 Å². The number of benzene rings is 1. The molecule has 1 aromatic carbocycles. The van der Waals surface area contributed by atoms with E-state index in [1.165, 1.54) is 35.2 Å². The molecule has 5 nitrogen and oxygen atoms in total. The first-order valence-electron chi connectivity index (χ1n) is 9.07. The molecule has 134 valence electrons. The molecule has 1 heterocycles. The highest BCUT2D eigenvalue weighted by molar-refractivity contribution is 5.93. The number of nitrogens with zero attached hydrogens (tertiary/aromatic N) is 2. The molecule has 1 aliphatic carbocycles. The molecule has 0 saturated heterocycles. The van der Waals surface area contributed by atoms with Gasteiger partial charge in [-0.05, 0) is 57.6 Å². The maximum atomic E-state index is 12.5. The topological polar surface area (TPSA) is 59.0 Å². The van der Waals surface area contributed by atoms with Crippen molar-refractivity contribution in [3.63, 3.8) is 0 Å². The fraction of sp³-hybridized carbons (Fsp3) is 0.500. The van der Waals surface area contributed by atoms with E-state index in [0.29, 0.717) is 18.2 Å². The van der Waals surface area contributed by atoms with Crippen LogP contribution in [0, 0.1) is 33.6 Å². The summed E-state index contributed by atoms with van der Waals surface area (Å²) in [6.07, 6.45) is 4.23. The predicted molar refractivity (Wildman–Crippen MR) is 101 cm³/mol. The third-order valence-corrected chi connectivity index (χ3v) is 4.82. The van der Waals surface area contributed by atoms with Crippen molar-refractivity contribution in [2.24, 2.45) is 5.92 Å². The Labute approximate surface area is 149 Å². The van der Waals surface area contributed by atoms with Crippen LogP contribution in [0.25, 0.3) is 0 Å². The van der Waals surface area contributed by atoms with Gasteiger partial charge in [0.1, 0.15) is 5.69 Å². The number of anilines is 1. The fourth-order valence-corrected chi connectivity index (χ4v) is 3.35. The summed E-state index contributed by atoms with van der Waals surface area (Å²) in [5, 5.41) is 6.55. The molecule has 2 aromatic rings. The van der Waals surface area contributed by atoms with Crippen molar-refractivity contribution in [1.82, 2.24) is 14.9 Å². The standard InChI is InChI=1S/C20H28N4O/c1-13-9-14(2)18(15(3)10-13)21-7-8-24-12-23-16(4)19(24)20(25)22-11-17-5-6-17/h9-10,12,17,21H,5-8,11H2,1-4H3,(H,22,25). The Bertz CT molecular complexity index is 751. The van der Waals surface area contributed by atoms with Crippen LogP contribution in [0.1, 0.15) is 45.7 Å². The maximum Gasteiger partial charge on any atom is 0.269 e. The molecule has 5 heteroatoms. The Morgan fingerprint density at radius 1 is 1.20 bits per heavy atom. The molecule has 1 aromatic heterocycles. The van der Waals surface area contributed by atoms with Crippen molar-refractivity contribution in [3.8, 4) is 0 Å². The van der Waals surface area contributed by atoms with Crippen LogP contribution in [0.15, 0.2) is 18.5 Å². The molecule has 0 radical (unpaired) electrons. The maximum absolute atomic E-state index is 12.5. The second-order valence-corrected chi connectivity index (χ2v) is 7.23. The number of nitrogens with one attached hydrogen (secondary N) is 2. The number of imidazole rings is 1. The molecule has 1 saturated carbocycles. The van der Waals surface area contributed by atoms with E-state index >= 15 is 0 Å². The molecule has 1 aliphatic rings. The predicted octanol–water partition coefficient (Wildman–Crippen LogP) is 3.37. The van der Waals surface area contributed by atoms with Gasteiger partial charge in [-0.15, -0.1) is 0 Å². The van der Waals surface area contributed by atoms with Gasteiger partial charge < -0.3 is 15.2 Å². The second-order valence-electron chi connectivity index (χ2n) is 7.23. The van der Waals surface area contributed by atoms with Crippen LogP contribution in [-0.2, 0) is 6.54 Å². The average Bonchev–Trinajstić information content (AvgIpc) is 3.30. The minimum atomic E-state index is -0.00963. The van der Waals surface area contributed by atoms with Gasteiger partial charge in [0.25, 0.3) is 5.91 Å². The van der Waals surface area contributed by atoms with Gasteiger partial charge in [-0.1, -0.05) is 17.7 Å². The number of aryl methyl sites for hydroxylation is 4. The van der Waals surface area contributed by atoms with Gasteiger partial charge in [0.15, 0.2) is 0 Å². The van der Waals surface area contributed by atoms with Crippen LogP contribution >= 0.6 is 0 Å². The zero-order valence-corrected chi connectivity index (χ0v) is 15.6. The van der Waals surface area contributed by atoms with Crippen LogP contribution in [-0.4, -0.2) is 28.5 Å². The van der Waals surface area contributed by atoms with Crippen molar-refractivity contribution < 1.29 is 4.79 Å². The van der Waals surface area contributed by atoms with Crippen LogP contribution in [0.4, 0.5) is 5.69 Å². The molecular formula is C20H28N4O. The first-order chi connectivity index (χ1) is 12.0. The van der Waals surface area contributed by atoms with Crippen molar-refractivity contribution in [2.75, 3.05) is 18.4 Å². The summed E-state index contributed by atoms with van der Waals surface area (Å²) in [6.45, 7) is 10.5. The molecule has 0 unspecified atom stereocenters. The molecule has 1 amide bonds. The minimum absolute atomic E-state index is 0.00963. The summed E-state index contributed by atoms with van der Waals surface area (Å²) in [4.78, 5) is 16.8. The smallest absolute Gasteiger partial charge is 0.269 e. The van der Waals surface area contributed by atoms with Gasteiger partial charge in [-0.25, -0.2) is 4.98 Å². The summed E-state index contributed by atoms with van der Waals surface area (Å²) in [5.41, 5.74) is 6.43. The highest BCUT2D eigenvalue weighted by Gasteiger charge is 2.23. The van der Waals surface area contributed by atoms with Gasteiger partial charge in [0, 0.05) is 25.3 Å². The van der Waals surface area contributed by atoms with Crippen LogP contribution in [0.2, 0.25) is 0 Å². The lowest BCUT2D eigenvalue weighted by Crippen LogP contribution is -2.29. The Kier molecular flexibility index (Phi) is 5.11. The molecule has 2 N–H and O–H groups in total. The van der Waals surface area contributed by atoms with E-state index in [2.05, 4.69) is 48.5 Å². The van der Waals surface area contributed by atoms with E-state index in [4.69, 9.17) is 0 Å². The largest absolute Gasteiger partial charge is 0.383 e. The van der Waals surface area contributed by atoms with E-state index in [1.54, 1.807) is 6.33 Å². The lowest BCUT2D eigenvalue weighted by Gasteiger charge is -2.15. The van der Waals surface area contributed by atoms with Gasteiger partial charge in [-0.2, -0.15) is 0 Å². The van der Waals surface area contributed by atoms with Crippen LogP contribution < -0.4 is 10.6 Å². The number of rotatable bonds is 7. The highest BCUT2D eigenvalue weighted by atomic mass is 16.2. The van der Waals surface area contributed by atoms with E-state index in [9.17, 15) is 4.79 Å². The van der Waals surface area contributed by atoms with Gasteiger partial charge in [-0.3, -0.25) is 4.79 Å². The lowest BCUT2D eigenvalue weighted by atomic mass is 10.1. The molecule has 1 fully saturated rings. The molecule has 0 aliphatic heterocycles. The molecular weight excluding hydrogens is 312 g/mol. The Balaban J connectivity index is 1.62. The number of amides is 1. The molecule has 0 spiro atoms. The minimum Gasteiger partial charge on any atom is -0.383 e. The van der Waals surface area contributed by atoms with Gasteiger partial charge in [0.2, 0.25) is 0 Å². The number of carbonyl (C=O) groups excluding carboxylic acids is 1. The molecule has 3 rings (SSSR count). The summed E-state index contributed by atoms with van der Waals surface area (Å²) >= 11 is 0. The third kappa shape index (κ3) is 4.21. The van der Waals surface area contributed by atoms with Crippen LogP contribution in [0.3, 0.4) is 0 Å². The van der Waals surface area contributed by atoms with Crippen LogP contribution in [0.5, 0.6) is 0 Å². The Morgan fingerprint density at radius 3 is 2.52 bits per heavy atom. The Hall–Kier alpha value is -2.30. The molecule has 0 bridgehead atoms. The summed E-state index contributed by atoms with van der Waals surface area (Å²) in [6, 6.07) is 4.38. The summed E-state index contributed by atoms with van der Waals surface area (Å²) < 4.78 is 1.95. The van der Waals surface area contributed by atoms with E-state index in [-0.39, 0.29) is 5.91 Å². The monoisotopic (exact) mass is 340 g/mol. The van der Waals surface area contributed by atoms with E-state index in [1.807, 2.05) is 11.5 Å². The molecule has 25 heavy (non-hydrogen) atoms. The first kappa shape index (κ1) is 17.5. The fourth-order valence-electron chi connectivity index (χ4n) is 3.35. The van der Waals surface area contributed by atoms with Crippen molar-refractivity contribution in [2.45, 2.75) is 47.1 Å². The zero-order valence-electron chi connectivity index (χ0n) is 15.6. The quantitative estimate of drug-likeness (QED) is 0.812. The molecule has 0 atom stereocenters. The number of hydrogen-bond donors (Lipinski definition) is 2. The van der Waals surface area contributed by atoms with Gasteiger partial charge >= 0.3 is 0 Å². The Morgan fingerprint density at radius 2 is 1.88 bits per heavy atom. The number of hydrogen-bond acceptors (Lipinski definition) is 3. The number of aromatic nitrogens is 2. The summed E-state index contributed by atoms with van der Waals surface area (Å²) in [7, 11) is 0. The lowest BCUT2D eigenvalue weighted by molar-refractivity contribution is 0.0942. The SMILES string of the molecule is Cc1cc(C)c(NCCn2cnc(C)c2C(=O)NCC2CC2)c(C)c1. The number of carbonyl (C=O) groups is 1. The van der Waals surface area contributed by atoms with Crippen molar-refractivity contribution in [1.29, 1.82) is 0 Å². The highest BCUT2D eigenvalue weighted by Crippen LogP contribution is 2.27. The second kappa shape index (κ2) is 7.30. The van der Waals surface area contributed by atoms with E-state index in [0.717, 1.165) is 18.8 Å². The van der Waals surface area contributed by atoms with Crippen molar-refractivity contribution >= 4 is 11.6 Å². The van der Waals surface area contributed by atoms with E-state index < -0.39 is 0 Å². The normalized spacial score (nSPS) is 13.8.